The number of rotatable bonds is 6. The minimum absolute atomic E-state index is 0.0603. The molecule has 0 radical (unpaired) electrons. The normalized spacial score (nSPS) is 20.7. The van der Waals surface area contributed by atoms with Crippen molar-refractivity contribution in [1.82, 2.24) is 15.5 Å². The molecule has 2 rings (SSSR count). The van der Waals surface area contributed by atoms with Crippen molar-refractivity contribution in [2.75, 3.05) is 19.6 Å². The smallest absolute Gasteiger partial charge is 0.237 e. The van der Waals surface area contributed by atoms with Gasteiger partial charge in [0.1, 0.15) is 5.76 Å². The molecule has 1 amide bonds. The second kappa shape index (κ2) is 6.73. The minimum atomic E-state index is -0.107. The van der Waals surface area contributed by atoms with Crippen LogP contribution in [-0.4, -0.2) is 42.5 Å². The highest BCUT2D eigenvalue weighted by atomic mass is 16.3. The Morgan fingerprint density at radius 3 is 3.11 bits per heavy atom. The van der Waals surface area contributed by atoms with Gasteiger partial charge in [-0.2, -0.15) is 0 Å². The zero-order valence-electron chi connectivity index (χ0n) is 11.7. The number of hydrogen-bond acceptors (Lipinski definition) is 4. The quantitative estimate of drug-likeness (QED) is 0.804. The molecule has 0 spiro atoms. The van der Waals surface area contributed by atoms with Crippen LogP contribution < -0.4 is 10.6 Å². The van der Waals surface area contributed by atoms with Crippen molar-refractivity contribution in [1.29, 1.82) is 0 Å². The van der Waals surface area contributed by atoms with Gasteiger partial charge in [0.15, 0.2) is 0 Å². The molecule has 2 atom stereocenters. The highest BCUT2D eigenvalue weighted by Crippen LogP contribution is 2.12. The van der Waals surface area contributed by atoms with Crippen LogP contribution in [-0.2, 0) is 11.3 Å². The van der Waals surface area contributed by atoms with Crippen LogP contribution in [0.25, 0.3) is 0 Å². The lowest BCUT2D eigenvalue weighted by molar-refractivity contribution is -0.126. The number of nitrogens with zero attached hydrogens (tertiary/aromatic N) is 1. The summed E-state index contributed by atoms with van der Waals surface area (Å²) in [5.41, 5.74) is 0. The van der Waals surface area contributed by atoms with E-state index < -0.39 is 0 Å². The number of amides is 1. The van der Waals surface area contributed by atoms with Crippen molar-refractivity contribution >= 4 is 5.91 Å². The van der Waals surface area contributed by atoms with E-state index in [2.05, 4.69) is 22.5 Å². The molecule has 1 aromatic heterocycles. The van der Waals surface area contributed by atoms with Crippen molar-refractivity contribution in [3.05, 3.63) is 24.2 Å². The molecule has 1 aromatic rings. The lowest BCUT2D eigenvalue weighted by Crippen LogP contribution is -2.50. The number of furan rings is 1. The molecule has 19 heavy (non-hydrogen) atoms. The molecule has 1 saturated heterocycles. The van der Waals surface area contributed by atoms with Gasteiger partial charge in [0.2, 0.25) is 5.91 Å². The Morgan fingerprint density at radius 2 is 2.53 bits per heavy atom. The fourth-order valence-corrected chi connectivity index (χ4v) is 2.66. The summed E-state index contributed by atoms with van der Waals surface area (Å²) in [6, 6.07) is 4.05. The molecular weight excluding hydrogens is 242 g/mol. The van der Waals surface area contributed by atoms with E-state index in [4.69, 9.17) is 4.42 Å². The van der Waals surface area contributed by atoms with Gasteiger partial charge in [-0.05, 0) is 38.6 Å². The van der Waals surface area contributed by atoms with E-state index in [0.29, 0.717) is 12.6 Å². The Bertz CT molecular complexity index is 385. The summed E-state index contributed by atoms with van der Waals surface area (Å²) in [4.78, 5) is 14.4. The number of carbonyl (C=O) groups excluding carboxylic acids is 1. The summed E-state index contributed by atoms with van der Waals surface area (Å²) >= 11 is 0. The molecule has 2 N–H and O–H groups in total. The third-order valence-corrected chi connectivity index (χ3v) is 3.76. The van der Waals surface area contributed by atoms with Crippen LogP contribution in [0.3, 0.4) is 0 Å². The predicted octanol–water partition coefficient (Wildman–Crippen LogP) is 0.968. The lowest BCUT2D eigenvalue weighted by Gasteiger charge is -2.32. The summed E-state index contributed by atoms with van der Waals surface area (Å²) < 4.78 is 5.21. The Labute approximate surface area is 114 Å². The van der Waals surface area contributed by atoms with Crippen LogP contribution in [0.1, 0.15) is 26.0 Å². The third kappa shape index (κ3) is 3.58. The maximum atomic E-state index is 12.2. The molecule has 1 fully saturated rings. The average molecular weight is 265 g/mol. The molecule has 1 aliphatic rings. The van der Waals surface area contributed by atoms with Gasteiger partial charge in [-0.25, -0.2) is 0 Å². The van der Waals surface area contributed by atoms with Crippen LogP contribution in [0, 0.1) is 0 Å². The van der Waals surface area contributed by atoms with Gasteiger partial charge in [-0.15, -0.1) is 0 Å². The molecule has 0 aliphatic carbocycles. The van der Waals surface area contributed by atoms with Gasteiger partial charge >= 0.3 is 0 Å². The zero-order chi connectivity index (χ0) is 13.7. The Balaban J connectivity index is 1.85. The van der Waals surface area contributed by atoms with E-state index in [0.717, 1.165) is 31.8 Å². The van der Waals surface area contributed by atoms with Gasteiger partial charge in [0, 0.05) is 12.6 Å². The topological polar surface area (TPSA) is 57.5 Å². The van der Waals surface area contributed by atoms with E-state index in [1.54, 1.807) is 6.26 Å². The first-order valence-electron chi connectivity index (χ1n) is 6.99. The van der Waals surface area contributed by atoms with Crippen LogP contribution in [0.5, 0.6) is 0 Å². The first kappa shape index (κ1) is 14.1. The molecule has 5 nitrogen and oxygen atoms in total. The Morgan fingerprint density at radius 1 is 1.68 bits per heavy atom. The van der Waals surface area contributed by atoms with Crippen LogP contribution in [0.2, 0.25) is 0 Å². The van der Waals surface area contributed by atoms with E-state index >= 15 is 0 Å². The van der Waals surface area contributed by atoms with Crippen LogP contribution >= 0.6 is 0 Å². The molecule has 5 heteroatoms. The fourth-order valence-electron chi connectivity index (χ4n) is 2.66. The van der Waals surface area contributed by atoms with Crippen molar-refractivity contribution in [2.45, 2.75) is 38.9 Å². The number of hydrogen-bond donors (Lipinski definition) is 2. The van der Waals surface area contributed by atoms with E-state index in [1.165, 1.54) is 0 Å². The fraction of sp³-hybridized carbons (Fsp3) is 0.643. The maximum absolute atomic E-state index is 12.2. The highest BCUT2D eigenvalue weighted by molar-refractivity contribution is 5.81. The first-order chi connectivity index (χ1) is 9.22. The van der Waals surface area contributed by atoms with Gasteiger partial charge in [0.05, 0.1) is 18.8 Å². The molecule has 0 saturated carbocycles. The molecule has 2 unspecified atom stereocenters. The van der Waals surface area contributed by atoms with Gasteiger partial charge < -0.3 is 15.1 Å². The van der Waals surface area contributed by atoms with Crippen LogP contribution in [0.4, 0.5) is 0 Å². The SMILES string of the molecule is CCN(C1CCNC1)C(C)C(=O)NCc1ccco1. The van der Waals surface area contributed by atoms with E-state index in [-0.39, 0.29) is 11.9 Å². The summed E-state index contributed by atoms with van der Waals surface area (Å²) in [6.45, 7) is 7.44. The highest BCUT2D eigenvalue weighted by Gasteiger charge is 2.28. The third-order valence-electron chi connectivity index (χ3n) is 3.76. The second-order valence-corrected chi connectivity index (χ2v) is 4.95. The maximum Gasteiger partial charge on any atom is 0.237 e. The summed E-state index contributed by atoms with van der Waals surface area (Å²) in [5, 5.41) is 6.28. The van der Waals surface area contributed by atoms with Crippen molar-refractivity contribution in [3.8, 4) is 0 Å². The molecule has 0 bridgehead atoms. The molecule has 1 aliphatic heterocycles. The van der Waals surface area contributed by atoms with Gasteiger partial charge in [-0.3, -0.25) is 9.69 Å². The van der Waals surface area contributed by atoms with E-state index in [9.17, 15) is 4.79 Å². The number of carbonyl (C=O) groups is 1. The summed E-state index contributed by atoms with van der Waals surface area (Å²) in [6.07, 6.45) is 2.73. The summed E-state index contributed by atoms with van der Waals surface area (Å²) in [7, 11) is 0. The standard InChI is InChI=1S/C14H23N3O2/c1-3-17(12-6-7-15-9-12)11(2)14(18)16-10-13-5-4-8-19-13/h4-5,8,11-12,15H,3,6-7,9-10H2,1-2H3,(H,16,18). The van der Waals surface area contributed by atoms with Gasteiger partial charge in [0.25, 0.3) is 0 Å². The number of nitrogens with one attached hydrogen (secondary N) is 2. The minimum Gasteiger partial charge on any atom is -0.467 e. The largest absolute Gasteiger partial charge is 0.467 e. The Kier molecular flexibility index (Phi) is 4.99. The van der Waals surface area contributed by atoms with Crippen LogP contribution in [0.15, 0.2) is 22.8 Å². The molecule has 0 aromatic carbocycles. The van der Waals surface area contributed by atoms with Crippen molar-refractivity contribution in [3.63, 3.8) is 0 Å². The molecular formula is C14H23N3O2. The summed E-state index contributed by atoms with van der Waals surface area (Å²) in [5.74, 6) is 0.844. The molecule has 106 valence electrons. The van der Waals surface area contributed by atoms with E-state index in [1.807, 2.05) is 19.1 Å². The second-order valence-electron chi connectivity index (χ2n) is 4.95. The zero-order valence-corrected chi connectivity index (χ0v) is 11.7. The van der Waals surface area contributed by atoms with Gasteiger partial charge in [-0.1, -0.05) is 6.92 Å². The first-order valence-corrected chi connectivity index (χ1v) is 6.99. The number of likely N-dealkylation sites (N-methyl/N-ethyl adjacent to an activating group) is 1. The Hall–Kier alpha value is -1.33. The lowest BCUT2D eigenvalue weighted by atomic mass is 10.1. The van der Waals surface area contributed by atoms with Crippen molar-refractivity contribution < 1.29 is 9.21 Å². The monoisotopic (exact) mass is 265 g/mol. The predicted molar refractivity (Wildman–Crippen MR) is 73.7 cm³/mol. The average Bonchev–Trinajstić information content (AvgIpc) is 3.09. The van der Waals surface area contributed by atoms with Crippen molar-refractivity contribution in [2.24, 2.45) is 0 Å². The molecule has 2 heterocycles.